The summed E-state index contributed by atoms with van der Waals surface area (Å²) >= 11 is 9.22. The van der Waals surface area contributed by atoms with Crippen LogP contribution in [0.3, 0.4) is 0 Å². The maximum Gasteiger partial charge on any atom is 0.390 e. The first-order valence-electron chi connectivity index (χ1n) is 7.98. The zero-order chi connectivity index (χ0) is 19.6. The van der Waals surface area contributed by atoms with Crippen LogP contribution in [-0.2, 0) is 13.1 Å². The molecule has 3 rings (SSSR count). The molecule has 0 aliphatic rings. The lowest BCUT2D eigenvalue weighted by Crippen LogP contribution is -2.27. The molecule has 4 nitrogen and oxygen atoms in total. The average Bonchev–Trinajstić information content (AvgIpc) is 2.89. The number of hydrogen-bond donors (Lipinski definition) is 0. The molecule has 0 aliphatic heterocycles. The molecule has 0 saturated carbocycles. The molecule has 0 radical (unpaired) electrons. The quantitative estimate of drug-likeness (QED) is 0.530. The molecule has 9 heteroatoms. The Morgan fingerprint density at radius 2 is 1.81 bits per heavy atom. The van der Waals surface area contributed by atoms with Crippen LogP contribution < -0.4 is 5.69 Å². The fourth-order valence-corrected chi connectivity index (χ4v) is 3.18. The Morgan fingerprint density at radius 3 is 2.44 bits per heavy atom. The van der Waals surface area contributed by atoms with Gasteiger partial charge in [0.25, 0.3) is 0 Å². The van der Waals surface area contributed by atoms with E-state index < -0.39 is 24.8 Å². The number of hydrogen-bond acceptors (Lipinski definition) is 2. The van der Waals surface area contributed by atoms with Crippen LogP contribution in [0.4, 0.5) is 13.2 Å². The Balaban J connectivity index is 2.02. The van der Waals surface area contributed by atoms with Crippen molar-refractivity contribution in [3.63, 3.8) is 0 Å². The van der Waals surface area contributed by atoms with Crippen LogP contribution in [0.25, 0.3) is 11.4 Å². The third kappa shape index (κ3) is 5.01. The molecule has 0 saturated heterocycles. The van der Waals surface area contributed by atoms with Crippen molar-refractivity contribution in [3.8, 4) is 11.4 Å². The van der Waals surface area contributed by atoms with Gasteiger partial charge in [-0.15, -0.1) is 5.10 Å². The molecule has 142 valence electrons. The van der Waals surface area contributed by atoms with E-state index in [1.807, 2.05) is 24.3 Å². The molecule has 3 aromatic rings. The van der Waals surface area contributed by atoms with E-state index in [2.05, 4.69) is 21.0 Å². The van der Waals surface area contributed by atoms with Gasteiger partial charge in [0.2, 0.25) is 0 Å². The van der Waals surface area contributed by atoms with Gasteiger partial charge in [0.1, 0.15) is 0 Å². The minimum absolute atomic E-state index is 0.151. The van der Waals surface area contributed by atoms with Gasteiger partial charge >= 0.3 is 11.9 Å². The fraction of sp³-hybridized carbons (Fsp3) is 0.222. The minimum Gasteiger partial charge on any atom is -0.275 e. The van der Waals surface area contributed by atoms with Crippen molar-refractivity contribution in [2.24, 2.45) is 0 Å². The predicted octanol–water partition coefficient (Wildman–Crippen LogP) is 5.13. The zero-order valence-corrected chi connectivity index (χ0v) is 16.2. The monoisotopic (exact) mass is 459 g/mol. The molecule has 0 spiro atoms. The highest BCUT2D eigenvalue weighted by Gasteiger charge is 2.28. The SMILES string of the molecule is O=c1n(Cc2cccc(Br)c2)nc(-c2ccc(Cl)cc2)n1CCC(F)(F)F. The van der Waals surface area contributed by atoms with Crippen LogP contribution in [0.15, 0.2) is 57.8 Å². The molecule has 1 aromatic heterocycles. The molecule has 2 aromatic carbocycles. The second-order valence-electron chi connectivity index (χ2n) is 5.92. The van der Waals surface area contributed by atoms with Gasteiger partial charge in [0.05, 0.1) is 13.0 Å². The van der Waals surface area contributed by atoms with Crippen LogP contribution >= 0.6 is 27.5 Å². The smallest absolute Gasteiger partial charge is 0.275 e. The molecule has 0 bridgehead atoms. The van der Waals surface area contributed by atoms with E-state index in [4.69, 9.17) is 11.6 Å². The summed E-state index contributed by atoms with van der Waals surface area (Å²) in [5.41, 5.74) is 0.727. The summed E-state index contributed by atoms with van der Waals surface area (Å²) in [7, 11) is 0. The Labute approximate surface area is 166 Å². The molecule has 0 fully saturated rings. The van der Waals surface area contributed by atoms with Gasteiger partial charge in [-0.3, -0.25) is 4.57 Å². The first-order chi connectivity index (χ1) is 12.7. The van der Waals surface area contributed by atoms with Gasteiger partial charge in [-0.25, -0.2) is 9.48 Å². The molecule has 27 heavy (non-hydrogen) atoms. The van der Waals surface area contributed by atoms with Crippen molar-refractivity contribution >= 4 is 27.5 Å². The molecule has 0 atom stereocenters. The van der Waals surface area contributed by atoms with Crippen molar-refractivity contribution in [3.05, 3.63) is 74.1 Å². The first kappa shape index (κ1) is 19.7. The molecule has 0 unspecified atom stereocenters. The van der Waals surface area contributed by atoms with Gasteiger partial charge in [-0.1, -0.05) is 39.7 Å². The van der Waals surface area contributed by atoms with Gasteiger partial charge < -0.3 is 0 Å². The van der Waals surface area contributed by atoms with Crippen molar-refractivity contribution in [2.75, 3.05) is 0 Å². The standard InChI is InChI=1S/C18H14BrClF3N3O/c19-14-3-1-2-12(10-14)11-26-17(27)25(9-8-18(21,22)23)16(24-26)13-4-6-15(20)7-5-13/h1-7,10H,8-9,11H2. The lowest BCUT2D eigenvalue weighted by molar-refractivity contribution is -0.136. The van der Waals surface area contributed by atoms with Crippen molar-refractivity contribution in [1.29, 1.82) is 0 Å². The number of benzene rings is 2. The summed E-state index contributed by atoms with van der Waals surface area (Å²) < 4.78 is 41.1. The maximum absolute atomic E-state index is 12.7. The second kappa shape index (κ2) is 7.90. The Bertz CT molecular complexity index is 996. The summed E-state index contributed by atoms with van der Waals surface area (Å²) in [5.74, 6) is 0.177. The lowest BCUT2D eigenvalue weighted by atomic mass is 10.2. The van der Waals surface area contributed by atoms with Gasteiger partial charge in [-0.2, -0.15) is 13.2 Å². The van der Waals surface area contributed by atoms with E-state index in [-0.39, 0.29) is 12.4 Å². The molecular weight excluding hydrogens is 447 g/mol. The van der Waals surface area contributed by atoms with Gasteiger partial charge in [0, 0.05) is 21.6 Å². The highest BCUT2D eigenvalue weighted by atomic mass is 79.9. The number of aromatic nitrogens is 3. The zero-order valence-electron chi connectivity index (χ0n) is 13.9. The second-order valence-corrected chi connectivity index (χ2v) is 7.27. The highest BCUT2D eigenvalue weighted by Crippen LogP contribution is 2.23. The van der Waals surface area contributed by atoms with Crippen LogP contribution in [0.1, 0.15) is 12.0 Å². The normalized spacial score (nSPS) is 11.7. The van der Waals surface area contributed by atoms with Crippen LogP contribution in [0, 0.1) is 0 Å². The third-order valence-electron chi connectivity index (χ3n) is 3.87. The van der Waals surface area contributed by atoms with Crippen molar-refractivity contribution in [2.45, 2.75) is 25.7 Å². The molecular formula is C18H14BrClF3N3O. The minimum atomic E-state index is -4.37. The summed E-state index contributed by atoms with van der Waals surface area (Å²) in [6.45, 7) is -0.351. The summed E-state index contributed by atoms with van der Waals surface area (Å²) in [4.78, 5) is 12.7. The van der Waals surface area contributed by atoms with Gasteiger partial charge in [-0.05, 0) is 42.0 Å². The highest BCUT2D eigenvalue weighted by molar-refractivity contribution is 9.10. The Kier molecular flexibility index (Phi) is 5.76. The van der Waals surface area contributed by atoms with Crippen LogP contribution in [0.5, 0.6) is 0 Å². The lowest BCUT2D eigenvalue weighted by Gasteiger charge is -2.08. The maximum atomic E-state index is 12.7. The number of rotatable bonds is 5. The fourth-order valence-electron chi connectivity index (χ4n) is 2.60. The Hall–Kier alpha value is -2.06. The van der Waals surface area contributed by atoms with Gasteiger partial charge in [0.15, 0.2) is 5.82 Å². The van der Waals surface area contributed by atoms with E-state index in [1.165, 1.54) is 4.68 Å². The van der Waals surface area contributed by atoms with E-state index >= 15 is 0 Å². The van der Waals surface area contributed by atoms with E-state index in [0.717, 1.165) is 14.6 Å². The summed E-state index contributed by atoms with van der Waals surface area (Å²) in [6, 6.07) is 13.7. The number of alkyl halides is 3. The summed E-state index contributed by atoms with van der Waals surface area (Å²) in [6.07, 6.45) is -5.49. The Morgan fingerprint density at radius 1 is 1.11 bits per heavy atom. The third-order valence-corrected chi connectivity index (χ3v) is 4.61. The van der Waals surface area contributed by atoms with E-state index in [1.54, 1.807) is 24.3 Å². The van der Waals surface area contributed by atoms with E-state index in [0.29, 0.717) is 10.6 Å². The van der Waals surface area contributed by atoms with Crippen molar-refractivity contribution in [1.82, 2.24) is 14.3 Å². The molecule has 0 N–H and O–H groups in total. The van der Waals surface area contributed by atoms with Crippen LogP contribution in [0.2, 0.25) is 5.02 Å². The predicted molar refractivity (Wildman–Crippen MR) is 101 cm³/mol. The molecule has 0 amide bonds. The largest absolute Gasteiger partial charge is 0.390 e. The topological polar surface area (TPSA) is 39.8 Å². The first-order valence-corrected chi connectivity index (χ1v) is 9.15. The summed E-state index contributed by atoms with van der Waals surface area (Å²) in [5, 5.41) is 4.76. The average molecular weight is 461 g/mol. The molecule has 0 aliphatic carbocycles. The molecule has 1 heterocycles. The van der Waals surface area contributed by atoms with E-state index in [9.17, 15) is 18.0 Å². The van der Waals surface area contributed by atoms with Crippen LogP contribution in [-0.4, -0.2) is 20.5 Å². The van der Waals surface area contributed by atoms with Crippen molar-refractivity contribution < 1.29 is 13.2 Å². The number of halogens is 5. The number of nitrogens with zero attached hydrogens (tertiary/aromatic N) is 3.